The molecule has 0 aliphatic heterocycles. The zero-order valence-corrected chi connectivity index (χ0v) is 11.1. The summed E-state index contributed by atoms with van der Waals surface area (Å²) in [5.74, 6) is 5.66. The van der Waals surface area contributed by atoms with Gasteiger partial charge in [-0.3, -0.25) is 5.84 Å². The van der Waals surface area contributed by atoms with E-state index in [9.17, 15) is 13.2 Å². The predicted octanol–water partition coefficient (Wildman–Crippen LogP) is 2.06. The van der Waals surface area contributed by atoms with Crippen LogP contribution in [0.4, 0.5) is 13.2 Å². The Morgan fingerprint density at radius 2 is 1.95 bits per heavy atom. The zero-order valence-electron chi connectivity index (χ0n) is 11.1. The van der Waals surface area contributed by atoms with E-state index in [2.05, 4.69) is 15.4 Å². The monoisotopic (exact) mass is 298 g/mol. The van der Waals surface area contributed by atoms with Gasteiger partial charge >= 0.3 is 6.18 Å². The largest absolute Gasteiger partial charge is 0.481 e. The molecular formula is C13H13F3N4O. The predicted molar refractivity (Wildman–Crippen MR) is 69.2 cm³/mol. The molecule has 0 bridgehead atoms. The summed E-state index contributed by atoms with van der Waals surface area (Å²) in [7, 11) is 1.40. The molecule has 1 aromatic carbocycles. The van der Waals surface area contributed by atoms with Crippen LogP contribution in [0.2, 0.25) is 0 Å². The highest BCUT2D eigenvalue weighted by molar-refractivity contribution is 5.37. The van der Waals surface area contributed by atoms with Crippen LogP contribution >= 0.6 is 0 Å². The van der Waals surface area contributed by atoms with Gasteiger partial charge in [0.05, 0.1) is 24.4 Å². The van der Waals surface area contributed by atoms with Gasteiger partial charge in [0.15, 0.2) is 0 Å². The first-order valence-corrected chi connectivity index (χ1v) is 5.95. The van der Waals surface area contributed by atoms with Crippen molar-refractivity contribution in [3.8, 4) is 5.88 Å². The Balaban J connectivity index is 2.51. The maximum Gasteiger partial charge on any atom is 0.416 e. The van der Waals surface area contributed by atoms with Crippen LogP contribution in [0.25, 0.3) is 0 Å². The number of nitrogens with two attached hydrogens (primary N) is 1. The Bertz CT molecular complexity index is 618. The van der Waals surface area contributed by atoms with Crippen molar-refractivity contribution < 1.29 is 17.9 Å². The average molecular weight is 298 g/mol. The van der Waals surface area contributed by atoms with Gasteiger partial charge in [-0.2, -0.15) is 13.2 Å². The molecule has 0 radical (unpaired) electrons. The highest BCUT2D eigenvalue weighted by Crippen LogP contribution is 2.36. The Morgan fingerprint density at radius 3 is 2.57 bits per heavy atom. The summed E-state index contributed by atoms with van der Waals surface area (Å²) in [6.07, 6.45) is -3.28. The Hall–Kier alpha value is -2.19. The van der Waals surface area contributed by atoms with E-state index in [-0.39, 0.29) is 17.1 Å². The van der Waals surface area contributed by atoms with Crippen LogP contribution < -0.4 is 16.0 Å². The van der Waals surface area contributed by atoms with Crippen molar-refractivity contribution >= 4 is 0 Å². The van der Waals surface area contributed by atoms with Crippen LogP contribution in [0.5, 0.6) is 5.88 Å². The van der Waals surface area contributed by atoms with E-state index in [1.54, 1.807) is 0 Å². The summed E-state index contributed by atoms with van der Waals surface area (Å²) in [4.78, 5) is 7.77. The minimum absolute atomic E-state index is 0.0201. The van der Waals surface area contributed by atoms with E-state index < -0.39 is 17.8 Å². The summed E-state index contributed by atoms with van der Waals surface area (Å²) < 4.78 is 44.2. The third-order valence-corrected chi connectivity index (χ3v) is 2.91. The van der Waals surface area contributed by atoms with Gasteiger partial charge in [-0.25, -0.2) is 15.4 Å². The molecule has 0 spiro atoms. The molecule has 1 unspecified atom stereocenters. The molecule has 5 nitrogen and oxygen atoms in total. The highest BCUT2D eigenvalue weighted by atomic mass is 19.4. The van der Waals surface area contributed by atoms with Gasteiger partial charge in [-0.05, 0) is 11.6 Å². The van der Waals surface area contributed by atoms with Crippen LogP contribution in [0.1, 0.15) is 22.9 Å². The summed E-state index contributed by atoms with van der Waals surface area (Å²) in [5, 5.41) is 0. The quantitative estimate of drug-likeness (QED) is 0.667. The first-order chi connectivity index (χ1) is 9.97. The fraction of sp³-hybridized carbons (Fsp3) is 0.231. The molecule has 1 aromatic heterocycles. The topological polar surface area (TPSA) is 73.1 Å². The summed E-state index contributed by atoms with van der Waals surface area (Å²) in [6, 6.07) is 5.67. The molecule has 8 heteroatoms. The first kappa shape index (κ1) is 15.2. The molecule has 2 rings (SSSR count). The van der Waals surface area contributed by atoms with Crippen LogP contribution in [-0.4, -0.2) is 17.1 Å². The molecule has 0 amide bonds. The lowest BCUT2D eigenvalue weighted by atomic mass is 9.98. The number of hydrogen-bond acceptors (Lipinski definition) is 5. The molecule has 2 aromatic rings. The van der Waals surface area contributed by atoms with Crippen molar-refractivity contribution in [1.29, 1.82) is 0 Å². The third-order valence-electron chi connectivity index (χ3n) is 2.91. The molecule has 0 aliphatic rings. The fourth-order valence-corrected chi connectivity index (χ4v) is 1.96. The second-order valence-corrected chi connectivity index (χ2v) is 4.17. The summed E-state index contributed by atoms with van der Waals surface area (Å²) in [6.45, 7) is 0. The van der Waals surface area contributed by atoms with Crippen molar-refractivity contribution in [2.45, 2.75) is 12.2 Å². The summed E-state index contributed by atoms with van der Waals surface area (Å²) in [5.41, 5.74) is 1.84. The number of aromatic nitrogens is 2. The summed E-state index contributed by atoms with van der Waals surface area (Å²) >= 11 is 0. The van der Waals surface area contributed by atoms with Gasteiger partial charge in [0, 0.05) is 6.07 Å². The van der Waals surface area contributed by atoms with Gasteiger partial charge in [0.25, 0.3) is 0 Å². The maximum absolute atomic E-state index is 13.1. The minimum Gasteiger partial charge on any atom is -0.481 e. The molecule has 0 fully saturated rings. The second kappa shape index (κ2) is 6.06. The van der Waals surface area contributed by atoms with Crippen LogP contribution in [-0.2, 0) is 6.18 Å². The van der Waals surface area contributed by atoms with E-state index in [1.807, 2.05) is 0 Å². The van der Waals surface area contributed by atoms with Gasteiger partial charge < -0.3 is 4.74 Å². The minimum atomic E-state index is -4.48. The molecule has 0 saturated heterocycles. The number of halogens is 3. The number of nitrogens with one attached hydrogen (secondary N) is 1. The normalized spacial score (nSPS) is 13.0. The number of alkyl halides is 3. The van der Waals surface area contributed by atoms with Crippen LogP contribution in [0.3, 0.4) is 0 Å². The lowest BCUT2D eigenvalue weighted by molar-refractivity contribution is -0.138. The highest BCUT2D eigenvalue weighted by Gasteiger charge is 2.35. The van der Waals surface area contributed by atoms with Crippen molar-refractivity contribution in [3.63, 3.8) is 0 Å². The standard InChI is InChI=1S/C13H13F3N4O/c1-21-11-6-10(18-7-19-11)12(20-17)8-4-2-3-5-9(8)13(14,15)16/h2-7,12,20H,17H2,1H3. The Morgan fingerprint density at radius 1 is 1.24 bits per heavy atom. The Labute approximate surface area is 118 Å². The zero-order chi connectivity index (χ0) is 15.5. The number of hydrogen-bond donors (Lipinski definition) is 2. The lowest BCUT2D eigenvalue weighted by Crippen LogP contribution is -2.31. The number of ether oxygens (including phenoxy) is 1. The van der Waals surface area contributed by atoms with E-state index >= 15 is 0 Å². The van der Waals surface area contributed by atoms with Gasteiger partial charge in [-0.1, -0.05) is 18.2 Å². The fourth-order valence-electron chi connectivity index (χ4n) is 1.96. The van der Waals surface area contributed by atoms with E-state index in [1.165, 1.54) is 37.7 Å². The van der Waals surface area contributed by atoms with Crippen LogP contribution in [0.15, 0.2) is 36.7 Å². The molecule has 1 heterocycles. The number of benzene rings is 1. The molecule has 1 atom stereocenters. The van der Waals surface area contributed by atoms with Crippen LogP contribution in [0, 0.1) is 0 Å². The van der Waals surface area contributed by atoms with Crippen molar-refractivity contribution in [3.05, 3.63) is 53.5 Å². The van der Waals surface area contributed by atoms with Crippen molar-refractivity contribution in [2.75, 3.05) is 7.11 Å². The van der Waals surface area contributed by atoms with E-state index in [0.29, 0.717) is 0 Å². The van der Waals surface area contributed by atoms with Gasteiger partial charge in [0.1, 0.15) is 6.33 Å². The first-order valence-electron chi connectivity index (χ1n) is 5.95. The average Bonchev–Trinajstić information content (AvgIpc) is 2.48. The number of methoxy groups -OCH3 is 1. The maximum atomic E-state index is 13.1. The third kappa shape index (κ3) is 3.29. The molecule has 0 aliphatic carbocycles. The second-order valence-electron chi connectivity index (χ2n) is 4.17. The molecular weight excluding hydrogens is 285 g/mol. The van der Waals surface area contributed by atoms with E-state index in [0.717, 1.165) is 6.07 Å². The lowest BCUT2D eigenvalue weighted by Gasteiger charge is -2.20. The van der Waals surface area contributed by atoms with Crippen molar-refractivity contribution in [2.24, 2.45) is 5.84 Å². The van der Waals surface area contributed by atoms with E-state index in [4.69, 9.17) is 10.6 Å². The molecule has 21 heavy (non-hydrogen) atoms. The van der Waals surface area contributed by atoms with Gasteiger partial charge in [0.2, 0.25) is 5.88 Å². The molecule has 0 saturated carbocycles. The molecule has 112 valence electrons. The number of nitrogens with zero attached hydrogens (tertiary/aromatic N) is 2. The number of hydrazine groups is 1. The van der Waals surface area contributed by atoms with Gasteiger partial charge in [-0.15, -0.1) is 0 Å². The van der Waals surface area contributed by atoms with Crippen molar-refractivity contribution in [1.82, 2.24) is 15.4 Å². The molecule has 3 N–H and O–H groups in total. The Kier molecular flexibility index (Phi) is 4.39. The smallest absolute Gasteiger partial charge is 0.416 e. The number of rotatable bonds is 4. The SMILES string of the molecule is COc1cc(C(NN)c2ccccc2C(F)(F)F)ncn1.